The molecule has 188 valence electrons. The van der Waals surface area contributed by atoms with Gasteiger partial charge in [0.25, 0.3) is 11.8 Å². The van der Waals surface area contributed by atoms with Gasteiger partial charge < -0.3 is 9.64 Å². The van der Waals surface area contributed by atoms with Crippen LogP contribution in [0, 0.1) is 0 Å². The monoisotopic (exact) mass is 515 g/mol. The topological polar surface area (TPSA) is 53.1 Å². The minimum Gasteiger partial charge on any atom is -0.406 e. The number of carbonyl (C=O) groups is 2. The summed E-state index contributed by atoms with van der Waals surface area (Å²) < 4.78 is 41.0. The van der Waals surface area contributed by atoms with E-state index in [1.165, 1.54) is 28.4 Å². The van der Waals surface area contributed by atoms with Crippen molar-refractivity contribution in [2.45, 2.75) is 25.9 Å². The maximum absolute atomic E-state index is 13.4. The molecule has 3 heterocycles. The lowest BCUT2D eigenvalue weighted by molar-refractivity contribution is -0.274. The Morgan fingerprint density at radius 3 is 2.31 bits per heavy atom. The molecule has 0 spiro atoms. The van der Waals surface area contributed by atoms with Crippen LogP contribution >= 0.6 is 11.3 Å². The van der Waals surface area contributed by atoms with Crippen LogP contribution in [0.4, 0.5) is 18.9 Å². The molecule has 1 aromatic heterocycles. The van der Waals surface area contributed by atoms with Crippen molar-refractivity contribution in [2.75, 3.05) is 31.1 Å². The van der Waals surface area contributed by atoms with Gasteiger partial charge in [-0.2, -0.15) is 0 Å². The average Bonchev–Trinajstić information content (AvgIpc) is 3.47. The lowest BCUT2D eigenvalue weighted by Gasteiger charge is -2.36. The second kappa shape index (κ2) is 9.59. The molecule has 0 aliphatic carbocycles. The van der Waals surface area contributed by atoms with E-state index in [-0.39, 0.29) is 23.6 Å². The van der Waals surface area contributed by atoms with E-state index in [2.05, 4.69) is 14.5 Å². The van der Waals surface area contributed by atoms with Crippen LogP contribution in [-0.4, -0.2) is 54.2 Å². The lowest BCUT2D eigenvalue weighted by atomic mass is 10.1. The Hall–Kier alpha value is -3.37. The average molecular weight is 516 g/mol. The minimum atomic E-state index is -4.71. The molecule has 2 aliphatic heterocycles. The third kappa shape index (κ3) is 4.83. The fourth-order valence-corrected chi connectivity index (χ4v) is 5.53. The van der Waals surface area contributed by atoms with E-state index in [0.717, 1.165) is 16.1 Å². The molecule has 2 amide bonds. The molecule has 0 radical (unpaired) electrons. The van der Waals surface area contributed by atoms with Crippen molar-refractivity contribution in [1.82, 2.24) is 9.80 Å². The van der Waals surface area contributed by atoms with Gasteiger partial charge in [0.1, 0.15) is 5.75 Å². The van der Waals surface area contributed by atoms with E-state index in [1.54, 1.807) is 18.2 Å². The fourth-order valence-electron chi connectivity index (χ4n) is 4.76. The Kier molecular flexibility index (Phi) is 6.48. The summed E-state index contributed by atoms with van der Waals surface area (Å²) in [5.74, 6) is -0.778. The van der Waals surface area contributed by atoms with Gasteiger partial charge in [-0.1, -0.05) is 24.3 Å². The van der Waals surface area contributed by atoms with Crippen LogP contribution in [0.1, 0.15) is 44.1 Å². The summed E-state index contributed by atoms with van der Waals surface area (Å²) in [7, 11) is 0. The molecule has 0 bridgehead atoms. The Labute approximate surface area is 210 Å². The highest BCUT2D eigenvalue weighted by atomic mass is 32.1. The van der Waals surface area contributed by atoms with E-state index in [0.29, 0.717) is 43.9 Å². The molecule has 36 heavy (non-hydrogen) atoms. The number of fused-ring (bicyclic) bond motifs is 1. The number of amides is 2. The molecule has 0 N–H and O–H groups in total. The van der Waals surface area contributed by atoms with Crippen molar-refractivity contribution in [3.8, 4) is 5.75 Å². The largest absolute Gasteiger partial charge is 0.573 e. The lowest BCUT2D eigenvalue weighted by Crippen LogP contribution is -2.46. The first-order valence-corrected chi connectivity index (χ1v) is 12.5. The zero-order valence-electron chi connectivity index (χ0n) is 19.5. The standard InChI is InChI=1S/C26H24F3N3O3S/c1-17(22-6-3-15-36-22)32-24(33)20-4-2-5-21(23(20)25(32)34)31-13-11-30(12-14-31)16-18-7-9-19(10-8-18)35-26(27,28)29/h2-10,15,17H,11-14,16H2,1H3. The molecular formula is C26H24F3N3O3S. The number of halogens is 3. The van der Waals surface area contributed by atoms with Crippen molar-refractivity contribution in [3.05, 3.63) is 81.5 Å². The van der Waals surface area contributed by atoms with Crippen LogP contribution in [0.25, 0.3) is 0 Å². The Morgan fingerprint density at radius 1 is 0.944 bits per heavy atom. The highest BCUT2D eigenvalue weighted by Gasteiger charge is 2.41. The Balaban J connectivity index is 1.25. The van der Waals surface area contributed by atoms with Gasteiger partial charge in [0, 0.05) is 37.6 Å². The SMILES string of the molecule is CC(c1cccs1)N1C(=O)c2cccc(N3CCN(Cc4ccc(OC(F)(F)F)cc4)CC3)c2C1=O. The summed E-state index contributed by atoms with van der Waals surface area (Å²) >= 11 is 1.52. The number of alkyl halides is 3. The van der Waals surface area contributed by atoms with Gasteiger partial charge in [-0.3, -0.25) is 19.4 Å². The molecule has 5 rings (SSSR count). The van der Waals surface area contributed by atoms with Crippen molar-refractivity contribution in [1.29, 1.82) is 0 Å². The number of hydrogen-bond donors (Lipinski definition) is 0. The highest BCUT2D eigenvalue weighted by molar-refractivity contribution is 7.10. The Bertz CT molecular complexity index is 1250. The van der Waals surface area contributed by atoms with Gasteiger partial charge in [0.2, 0.25) is 0 Å². The van der Waals surface area contributed by atoms with Gasteiger partial charge in [0.05, 0.1) is 22.9 Å². The zero-order valence-corrected chi connectivity index (χ0v) is 20.3. The number of piperazine rings is 1. The zero-order chi connectivity index (χ0) is 25.4. The van der Waals surface area contributed by atoms with Crippen molar-refractivity contribution in [2.24, 2.45) is 0 Å². The van der Waals surface area contributed by atoms with Gasteiger partial charge in [-0.25, -0.2) is 0 Å². The summed E-state index contributed by atoms with van der Waals surface area (Å²) in [6.45, 7) is 5.20. The number of benzene rings is 2. The van der Waals surface area contributed by atoms with Gasteiger partial charge >= 0.3 is 6.36 Å². The normalized spacial score (nSPS) is 17.4. The van der Waals surface area contributed by atoms with Gasteiger partial charge in [0.15, 0.2) is 0 Å². The third-order valence-corrected chi connectivity index (χ3v) is 7.59. The maximum atomic E-state index is 13.4. The minimum absolute atomic E-state index is 0.240. The first-order valence-electron chi connectivity index (χ1n) is 11.6. The first kappa shape index (κ1) is 24.3. The van der Waals surface area contributed by atoms with E-state index >= 15 is 0 Å². The summed E-state index contributed by atoms with van der Waals surface area (Å²) in [5, 5.41) is 1.93. The summed E-state index contributed by atoms with van der Waals surface area (Å²) in [6, 6.07) is 14.8. The summed E-state index contributed by atoms with van der Waals surface area (Å²) in [6.07, 6.45) is -4.71. The number of nitrogens with zero attached hydrogens (tertiary/aromatic N) is 3. The third-order valence-electron chi connectivity index (χ3n) is 6.54. The van der Waals surface area contributed by atoms with Crippen LogP contribution in [0.3, 0.4) is 0 Å². The van der Waals surface area contributed by atoms with Crippen molar-refractivity contribution < 1.29 is 27.5 Å². The second-order valence-corrected chi connectivity index (χ2v) is 9.81. The number of carbonyl (C=O) groups excluding carboxylic acids is 2. The number of hydrogen-bond acceptors (Lipinski definition) is 6. The van der Waals surface area contributed by atoms with Crippen LogP contribution < -0.4 is 9.64 Å². The van der Waals surface area contributed by atoms with Gasteiger partial charge in [-0.15, -0.1) is 24.5 Å². The molecule has 2 aliphatic rings. The fraction of sp³-hybridized carbons (Fsp3) is 0.308. The van der Waals surface area contributed by atoms with E-state index in [1.807, 2.05) is 36.6 Å². The van der Waals surface area contributed by atoms with E-state index < -0.39 is 6.36 Å². The van der Waals surface area contributed by atoms with E-state index in [4.69, 9.17) is 0 Å². The summed E-state index contributed by atoms with van der Waals surface area (Å²) in [5.41, 5.74) is 2.54. The molecule has 6 nitrogen and oxygen atoms in total. The van der Waals surface area contributed by atoms with Crippen LogP contribution in [-0.2, 0) is 6.54 Å². The molecule has 1 unspecified atom stereocenters. The van der Waals surface area contributed by atoms with E-state index in [9.17, 15) is 22.8 Å². The number of anilines is 1. The molecule has 1 atom stereocenters. The molecule has 3 aromatic rings. The second-order valence-electron chi connectivity index (χ2n) is 8.83. The van der Waals surface area contributed by atoms with Crippen LogP contribution in [0.5, 0.6) is 5.75 Å². The molecule has 1 saturated heterocycles. The van der Waals surface area contributed by atoms with Crippen molar-refractivity contribution in [3.63, 3.8) is 0 Å². The Morgan fingerprint density at radius 2 is 1.67 bits per heavy atom. The smallest absolute Gasteiger partial charge is 0.406 e. The predicted molar refractivity (Wildman–Crippen MR) is 130 cm³/mol. The first-order chi connectivity index (χ1) is 17.2. The van der Waals surface area contributed by atoms with Crippen molar-refractivity contribution >= 4 is 28.8 Å². The molecule has 2 aromatic carbocycles. The predicted octanol–water partition coefficient (Wildman–Crippen LogP) is 5.33. The number of imide groups is 1. The van der Waals surface area contributed by atoms with Gasteiger partial charge in [-0.05, 0) is 48.2 Å². The number of rotatable bonds is 6. The molecule has 1 fully saturated rings. The molecule has 0 saturated carbocycles. The maximum Gasteiger partial charge on any atom is 0.573 e. The van der Waals surface area contributed by atoms with Crippen LogP contribution in [0.2, 0.25) is 0 Å². The van der Waals surface area contributed by atoms with Crippen LogP contribution in [0.15, 0.2) is 60.0 Å². The molecular weight excluding hydrogens is 491 g/mol. The molecule has 10 heteroatoms. The number of ether oxygens (including phenoxy) is 1. The summed E-state index contributed by atoms with van der Waals surface area (Å²) in [4.78, 5) is 33.2. The quantitative estimate of drug-likeness (QED) is 0.416. The highest BCUT2D eigenvalue weighted by Crippen LogP contribution is 2.37. The number of thiophene rings is 1.